The molecule has 1 aromatic heterocycles. The number of nitrogens with one attached hydrogen (secondary N) is 1. The molecule has 0 aliphatic heterocycles. The van der Waals surface area contributed by atoms with E-state index in [4.69, 9.17) is 10.5 Å². The van der Waals surface area contributed by atoms with Gasteiger partial charge in [0.2, 0.25) is 11.9 Å². The van der Waals surface area contributed by atoms with Crippen molar-refractivity contribution in [3.05, 3.63) is 0 Å². The SMILES string of the molecule is CCCOc1nc(N)nc(NCC2CCC(O)CC2)n1. The van der Waals surface area contributed by atoms with Crippen LogP contribution < -0.4 is 15.8 Å². The van der Waals surface area contributed by atoms with Crippen molar-refractivity contribution >= 4 is 11.9 Å². The second kappa shape index (κ2) is 7.23. The van der Waals surface area contributed by atoms with Crippen LogP contribution in [0.2, 0.25) is 0 Å². The number of nitrogens with two attached hydrogens (primary N) is 1. The number of aromatic nitrogens is 3. The molecule has 0 bridgehead atoms. The molecule has 2 rings (SSSR count). The van der Waals surface area contributed by atoms with Gasteiger partial charge in [0.05, 0.1) is 12.7 Å². The summed E-state index contributed by atoms with van der Waals surface area (Å²) in [5, 5.41) is 12.7. The zero-order valence-electron chi connectivity index (χ0n) is 11.9. The van der Waals surface area contributed by atoms with Crippen LogP contribution in [0.4, 0.5) is 11.9 Å². The molecule has 1 aliphatic rings. The summed E-state index contributed by atoms with van der Waals surface area (Å²) in [4.78, 5) is 12.2. The smallest absolute Gasteiger partial charge is 0.323 e. The lowest BCUT2D eigenvalue weighted by Gasteiger charge is -2.25. The van der Waals surface area contributed by atoms with Crippen LogP contribution in [0, 0.1) is 5.92 Å². The summed E-state index contributed by atoms with van der Waals surface area (Å²) in [5.74, 6) is 1.15. The average Bonchev–Trinajstić information content (AvgIpc) is 2.44. The molecule has 4 N–H and O–H groups in total. The number of nitrogens with zero attached hydrogens (tertiary/aromatic N) is 3. The Labute approximate surface area is 119 Å². The molecule has 1 aliphatic carbocycles. The second-order valence-electron chi connectivity index (χ2n) is 5.20. The highest BCUT2D eigenvalue weighted by Crippen LogP contribution is 2.24. The van der Waals surface area contributed by atoms with Gasteiger partial charge < -0.3 is 20.9 Å². The van der Waals surface area contributed by atoms with Crippen LogP contribution in [0.15, 0.2) is 0 Å². The van der Waals surface area contributed by atoms with E-state index in [9.17, 15) is 5.11 Å². The quantitative estimate of drug-likeness (QED) is 0.719. The fourth-order valence-electron chi connectivity index (χ4n) is 2.29. The number of hydrogen-bond donors (Lipinski definition) is 3. The Balaban J connectivity index is 1.87. The van der Waals surface area contributed by atoms with E-state index in [1.165, 1.54) is 0 Å². The Morgan fingerprint density at radius 1 is 1.25 bits per heavy atom. The average molecular weight is 281 g/mol. The van der Waals surface area contributed by atoms with Crippen molar-refractivity contribution in [2.75, 3.05) is 24.2 Å². The third-order valence-electron chi connectivity index (χ3n) is 3.43. The molecule has 0 spiro atoms. The van der Waals surface area contributed by atoms with Gasteiger partial charge in [-0.05, 0) is 38.0 Å². The predicted octanol–water partition coefficient (Wildman–Crippen LogP) is 1.21. The predicted molar refractivity (Wildman–Crippen MR) is 76.5 cm³/mol. The van der Waals surface area contributed by atoms with Crippen molar-refractivity contribution in [3.8, 4) is 6.01 Å². The molecule has 0 amide bonds. The van der Waals surface area contributed by atoms with Crippen LogP contribution in [-0.2, 0) is 0 Å². The van der Waals surface area contributed by atoms with Gasteiger partial charge in [-0.1, -0.05) is 6.92 Å². The first-order valence-corrected chi connectivity index (χ1v) is 7.23. The van der Waals surface area contributed by atoms with E-state index in [1.54, 1.807) is 0 Å². The van der Waals surface area contributed by atoms with E-state index in [0.29, 0.717) is 18.5 Å². The third kappa shape index (κ3) is 4.48. The second-order valence-corrected chi connectivity index (χ2v) is 5.20. The fourth-order valence-corrected chi connectivity index (χ4v) is 2.29. The summed E-state index contributed by atoms with van der Waals surface area (Å²) in [6.07, 6.45) is 4.54. The number of aliphatic hydroxyl groups is 1. The molecule has 1 aromatic rings. The van der Waals surface area contributed by atoms with Crippen LogP contribution in [0.25, 0.3) is 0 Å². The van der Waals surface area contributed by atoms with Gasteiger partial charge in [-0.3, -0.25) is 0 Å². The molecule has 0 saturated heterocycles. The molecule has 1 fully saturated rings. The molecular formula is C13H23N5O2. The fraction of sp³-hybridized carbons (Fsp3) is 0.769. The van der Waals surface area contributed by atoms with E-state index in [0.717, 1.165) is 38.6 Å². The van der Waals surface area contributed by atoms with Crippen LogP contribution >= 0.6 is 0 Å². The number of aliphatic hydroxyl groups excluding tert-OH is 1. The zero-order valence-corrected chi connectivity index (χ0v) is 11.9. The van der Waals surface area contributed by atoms with E-state index in [1.807, 2.05) is 6.92 Å². The third-order valence-corrected chi connectivity index (χ3v) is 3.43. The summed E-state index contributed by atoms with van der Waals surface area (Å²) in [6.45, 7) is 3.36. The Kier molecular flexibility index (Phi) is 5.34. The molecule has 20 heavy (non-hydrogen) atoms. The number of ether oxygens (including phenoxy) is 1. The minimum Gasteiger partial charge on any atom is -0.463 e. The molecule has 112 valence electrons. The summed E-state index contributed by atoms with van der Waals surface area (Å²) in [5.41, 5.74) is 5.64. The standard InChI is InChI=1S/C13H23N5O2/c1-2-7-20-13-17-11(14)16-12(18-13)15-8-9-3-5-10(19)6-4-9/h9-10,19H,2-8H2,1H3,(H3,14,15,16,17,18). The van der Waals surface area contributed by atoms with E-state index in [-0.39, 0.29) is 18.1 Å². The number of hydrogen-bond acceptors (Lipinski definition) is 7. The normalized spacial score (nSPS) is 22.5. The summed E-state index contributed by atoms with van der Waals surface area (Å²) in [6, 6.07) is 0.265. The molecule has 0 atom stereocenters. The van der Waals surface area contributed by atoms with Gasteiger partial charge in [-0.25, -0.2) is 0 Å². The first-order valence-electron chi connectivity index (χ1n) is 7.23. The largest absolute Gasteiger partial charge is 0.463 e. The molecule has 0 aromatic carbocycles. The van der Waals surface area contributed by atoms with Crippen LogP contribution in [0.3, 0.4) is 0 Å². The van der Waals surface area contributed by atoms with Crippen molar-refractivity contribution < 1.29 is 9.84 Å². The minimum atomic E-state index is -0.131. The zero-order chi connectivity index (χ0) is 14.4. The van der Waals surface area contributed by atoms with E-state index in [2.05, 4.69) is 20.3 Å². The van der Waals surface area contributed by atoms with Crippen molar-refractivity contribution in [3.63, 3.8) is 0 Å². The Hall–Kier alpha value is -1.63. The van der Waals surface area contributed by atoms with Crippen molar-refractivity contribution in [2.45, 2.75) is 45.1 Å². The highest BCUT2D eigenvalue weighted by atomic mass is 16.5. The molecule has 7 nitrogen and oxygen atoms in total. The molecule has 1 saturated carbocycles. The number of rotatable bonds is 6. The topological polar surface area (TPSA) is 106 Å². The molecular weight excluding hydrogens is 258 g/mol. The summed E-state index contributed by atoms with van der Waals surface area (Å²) in [7, 11) is 0. The number of nitrogen functional groups attached to an aromatic ring is 1. The lowest BCUT2D eigenvalue weighted by molar-refractivity contribution is 0.111. The van der Waals surface area contributed by atoms with Crippen LogP contribution in [0.1, 0.15) is 39.0 Å². The van der Waals surface area contributed by atoms with Gasteiger partial charge in [0.15, 0.2) is 0 Å². The van der Waals surface area contributed by atoms with Crippen molar-refractivity contribution in [2.24, 2.45) is 5.92 Å². The Morgan fingerprint density at radius 3 is 2.70 bits per heavy atom. The summed E-state index contributed by atoms with van der Waals surface area (Å²) >= 11 is 0. The lowest BCUT2D eigenvalue weighted by Crippen LogP contribution is -2.24. The highest BCUT2D eigenvalue weighted by Gasteiger charge is 2.19. The highest BCUT2D eigenvalue weighted by molar-refractivity contribution is 5.32. The number of anilines is 2. The lowest BCUT2D eigenvalue weighted by atomic mass is 9.87. The van der Waals surface area contributed by atoms with Gasteiger partial charge in [0.1, 0.15) is 0 Å². The Bertz CT molecular complexity index is 421. The van der Waals surface area contributed by atoms with Gasteiger partial charge >= 0.3 is 6.01 Å². The first-order chi connectivity index (χ1) is 9.67. The van der Waals surface area contributed by atoms with Crippen molar-refractivity contribution in [1.82, 2.24) is 15.0 Å². The van der Waals surface area contributed by atoms with Crippen LogP contribution in [0.5, 0.6) is 6.01 Å². The maximum atomic E-state index is 9.48. The monoisotopic (exact) mass is 281 g/mol. The van der Waals surface area contributed by atoms with E-state index < -0.39 is 0 Å². The molecule has 7 heteroatoms. The molecule has 0 unspecified atom stereocenters. The molecule has 0 radical (unpaired) electrons. The van der Waals surface area contributed by atoms with Crippen molar-refractivity contribution in [1.29, 1.82) is 0 Å². The molecule has 1 heterocycles. The Morgan fingerprint density at radius 2 is 2.00 bits per heavy atom. The summed E-state index contributed by atoms with van der Waals surface area (Å²) < 4.78 is 5.37. The van der Waals surface area contributed by atoms with Gasteiger partial charge in [-0.15, -0.1) is 0 Å². The van der Waals surface area contributed by atoms with Crippen LogP contribution in [-0.4, -0.2) is 39.3 Å². The first kappa shape index (κ1) is 14.8. The maximum absolute atomic E-state index is 9.48. The maximum Gasteiger partial charge on any atom is 0.323 e. The van der Waals surface area contributed by atoms with E-state index >= 15 is 0 Å². The van der Waals surface area contributed by atoms with Gasteiger partial charge in [0.25, 0.3) is 0 Å². The van der Waals surface area contributed by atoms with Gasteiger partial charge in [0, 0.05) is 6.54 Å². The van der Waals surface area contributed by atoms with Gasteiger partial charge in [-0.2, -0.15) is 15.0 Å². The minimum absolute atomic E-state index is 0.131.